The van der Waals surface area contributed by atoms with Crippen molar-refractivity contribution in [3.05, 3.63) is 70.4 Å². The van der Waals surface area contributed by atoms with Gasteiger partial charge < -0.3 is 20.8 Å². The minimum Gasteiger partial charge on any atom is -0.451 e. The van der Waals surface area contributed by atoms with Crippen molar-refractivity contribution in [2.24, 2.45) is 5.73 Å². The number of amides is 1. The maximum absolute atomic E-state index is 12.4. The summed E-state index contributed by atoms with van der Waals surface area (Å²) >= 11 is 22.2. The molecule has 0 atom stereocenters. The van der Waals surface area contributed by atoms with Gasteiger partial charge in [0.05, 0.1) is 10.0 Å². The molecule has 29 heavy (non-hydrogen) atoms. The van der Waals surface area contributed by atoms with Crippen LogP contribution in [0.3, 0.4) is 0 Å². The average Bonchev–Trinajstić information content (AvgIpc) is 3.15. The van der Waals surface area contributed by atoms with Gasteiger partial charge in [-0.05, 0) is 73.0 Å². The number of thiocarbonyl (C=S) groups is 2. The quantitative estimate of drug-likeness (QED) is 0.402. The number of nitrogens with one attached hydrogen (secondary N) is 3. The molecule has 0 bridgehead atoms. The third-order valence-corrected chi connectivity index (χ3v) is 4.81. The molecule has 0 unspecified atom stereocenters. The highest BCUT2D eigenvalue weighted by Crippen LogP contribution is 2.34. The molecule has 0 saturated carbocycles. The third-order valence-electron chi connectivity index (χ3n) is 3.68. The molecule has 1 aromatic heterocycles. The smallest absolute Gasteiger partial charge is 0.293 e. The molecule has 148 valence electrons. The van der Waals surface area contributed by atoms with Crippen molar-refractivity contribution in [1.82, 2.24) is 5.32 Å². The Bertz CT molecular complexity index is 1080. The normalized spacial score (nSPS) is 10.3. The molecule has 1 amide bonds. The fourth-order valence-electron chi connectivity index (χ4n) is 2.40. The highest BCUT2D eigenvalue weighted by atomic mass is 35.5. The van der Waals surface area contributed by atoms with E-state index in [9.17, 15) is 4.79 Å². The van der Waals surface area contributed by atoms with Crippen molar-refractivity contribution in [2.45, 2.75) is 0 Å². The number of hydrogen-bond acceptors (Lipinski definition) is 4. The van der Waals surface area contributed by atoms with E-state index in [-0.39, 0.29) is 16.0 Å². The molecule has 10 heteroatoms. The molecule has 3 rings (SSSR count). The highest BCUT2D eigenvalue weighted by molar-refractivity contribution is 7.80. The van der Waals surface area contributed by atoms with Crippen LogP contribution in [0.25, 0.3) is 11.3 Å². The van der Waals surface area contributed by atoms with Crippen molar-refractivity contribution in [3.8, 4) is 11.3 Å². The fraction of sp³-hybridized carbons (Fsp3) is 0. The number of carbonyl (C=O) groups is 1. The lowest BCUT2D eigenvalue weighted by molar-refractivity contribution is 0.0951. The minimum atomic E-state index is -0.501. The first-order chi connectivity index (χ1) is 13.8. The van der Waals surface area contributed by atoms with Crippen LogP contribution in [-0.4, -0.2) is 16.1 Å². The Balaban J connectivity index is 1.63. The number of hydrogen-bond donors (Lipinski definition) is 4. The number of nitrogens with two attached hydrogens (primary N) is 1. The Morgan fingerprint density at radius 3 is 2.24 bits per heavy atom. The SMILES string of the molecule is NC(=S)Nc1ccc(NC(=S)NC(=O)c2ccc(-c3cccc(Cl)c3Cl)o2)cc1. The van der Waals surface area contributed by atoms with E-state index in [1.54, 1.807) is 48.5 Å². The largest absolute Gasteiger partial charge is 0.451 e. The minimum absolute atomic E-state index is 0.0798. The lowest BCUT2D eigenvalue weighted by Gasteiger charge is -2.10. The number of furan rings is 1. The Hall–Kier alpha value is -2.65. The number of anilines is 2. The van der Waals surface area contributed by atoms with Crippen LogP contribution in [0.5, 0.6) is 0 Å². The molecular formula is C19H14Cl2N4O2S2. The van der Waals surface area contributed by atoms with Crippen molar-refractivity contribution in [2.75, 3.05) is 10.6 Å². The summed E-state index contributed by atoms with van der Waals surface area (Å²) in [7, 11) is 0. The summed E-state index contributed by atoms with van der Waals surface area (Å²) < 4.78 is 5.60. The first kappa shape index (κ1) is 21.1. The maximum atomic E-state index is 12.4. The third kappa shape index (κ3) is 5.45. The van der Waals surface area contributed by atoms with E-state index in [1.165, 1.54) is 6.07 Å². The molecule has 0 aliphatic heterocycles. The van der Waals surface area contributed by atoms with Crippen LogP contribution in [-0.2, 0) is 0 Å². The van der Waals surface area contributed by atoms with Crippen LogP contribution in [0.15, 0.2) is 59.0 Å². The van der Waals surface area contributed by atoms with Gasteiger partial charge in [0.25, 0.3) is 5.91 Å². The van der Waals surface area contributed by atoms with Gasteiger partial charge in [-0.1, -0.05) is 29.3 Å². The van der Waals surface area contributed by atoms with Crippen LogP contribution < -0.4 is 21.7 Å². The first-order valence-electron chi connectivity index (χ1n) is 8.16. The summed E-state index contributed by atoms with van der Waals surface area (Å²) in [5.41, 5.74) is 7.42. The van der Waals surface area contributed by atoms with Gasteiger partial charge in [-0.2, -0.15) is 0 Å². The summed E-state index contributed by atoms with van der Waals surface area (Å²) in [5, 5.41) is 9.30. The zero-order chi connectivity index (χ0) is 21.0. The number of carbonyl (C=O) groups excluding carboxylic acids is 1. The fourth-order valence-corrected chi connectivity index (χ4v) is 3.13. The molecule has 6 nitrogen and oxygen atoms in total. The summed E-state index contributed by atoms with van der Waals surface area (Å²) in [5.74, 6) is -0.00250. The molecule has 0 saturated heterocycles. The van der Waals surface area contributed by atoms with E-state index < -0.39 is 5.91 Å². The molecule has 0 fully saturated rings. The average molecular weight is 465 g/mol. The van der Waals surface area contributed by atoms with Gasteiger partial charge in [-0.3, -0.25) is 10.1 Å². The molecular weight excluding hydrogens is 451 g/mol. The van der Waals surface area contributed by atoms with Crippen LogP contribution in [0.1, 0.15) is 10.6 Å². The van der Waals surface area contributed by atoms with E-state index in [4.69, 9.17) is 57.8 Å². The molecule has 1 heterocycles. The van der Waals surface area contributed by atoms with Gasteiger partial charge in [-0.15, -0.1) is 0 Å². The van der Waals surface area contributed by atoms with Crippen molar-refractivity contribution < 1.29 is 9.21 Å². The lowest BCUT2D eigenvalue weighted by Crippen LogP contribution is -2.33. The molecule has 0 aliphatic carbocycles. The zero-order valence-corrected chi connectivity index (χ0v) is 17.8. The van der Waals surface area contributed by atoms with Gasteiger partial charge in [0.15, 0.2) is 16.0 Å². The maximum Gasteiger partial charge on any atom is 0.293 e. The second-order valence-electron chi connectivity index (χ2n) is 5.74. The van der Waals surface area contributed by atoms with Crippen LogP contribution in [0.2, 0.25) is 10.0 Å². The van der Waals surface area contributed by atoms with Crippen LogP contribution in [0.4, 0.5) is 11.4 Å². The molecule has 3 aromatic rings. The number of benzene rings is 2. The van der Waals surface area contributed by atoms with Gasteiger partial charge in [0.1, 0.15) is 5.76 Å². The van der Waals surface area contributed by atoms with E-state index in [0.717, 1.165) is 5.69 Å². The van der Waals surface area contributed by atoms with E-state index >= 15 is 0 Å². The predicted molar refractivity (Wildman–Crippen MR) is 125 cm³/mol. The predicted octanol–water partition coefficient (Wildman–Crippen LogP) is 5.04. The van der Waals surface area contributed by atoms with E-state index in [1.807, 2.05) is 0 Å². The topological polar surface area (TPSA) is 92.3 Å². The molecule has 0 radical (unpaired) electrons. The van der Waals surface area contributed by atoms with Crippen molar-refractivity contribution >= 4 is 75.1 Å². The van der Waals surface area contributed by atoms with Crippen molar-refractivity contribution in [1.29, 1.82) is 0 Å². The number of rotatable bonds is 4. The van der Waals surface area contributed by atoms with Crippen molar-refractivity contribution in [3.63, 3.8) is 0 Å². The van der Waals surface area contributed by atoms with Gasteiger partial charge >= 0.3 is 0 Å². The Morgan fingerprint density at radius 2 is 1.59 bits per heavy atom. The summed E-state index contributed by atoms with van der Waals surface area (Å²) in [6.45, 7) is 0. The Morgan fingerprint density at radius 1 is 0.931 bits per heavy atom. The van der Waals surface area contributed by atoms with Crippen LogP contribution >= 0.6 is 47.6 Å². The standard InChI is InChI=1S/C19H14Cl2N4O2S2/c20-13-3-1-2-12(16(13)21)14-8-9-15(27-14)17(26)25-19(29)24-11-6-4-10(5-7-11)23-18(22)28/h1-9H,(H3,22,23,28)(H2,24,25,26,29). The molecule has 0 spiro atoms. The Labute approximate surface area is 187 Å². The first-order valence-corrected chi connectivity index (χ1v) is 9.74. The lowest BCUT2D eigenvalue weighted by atomic mass is 10.2. The molecule has 0 aliphatic rings. The van der Waals surface area contributed by atoms with Gasteiger partial charge in [0.2, 0.25) is 0 Å². The van der Waals surface area contributed by atoms with Gasteiger partial charge in [-0.25, -0.2) is 0 Å². The van der Waals surface area contributed by atoms with E-state index in [2.05, 4.69) is 16.0 Å². The highest BCUT2D eigenvalue weighted by Gasteiger charge is 2.16. The molecule has 5 N–H and O–H groups in total. The zero-order valence-electron chi connectivity index (χ0n) is 14.7. The van der Waals surface area contributed by atoms with E-state index in [0.29, 0.717) is 27.1 Å². The number of halogens is 2. The second-order valence-corrected chi connectivity index (χ2v) is 7.37. The van der Waals surface area contributed by atoms with Gasteiger partial charge in [0, 0.05) is 16.9 Å². The Kier molecular flexibility index (Phi) is 6.71. The molecule has 2 aromatic carbocycles. The summed E-state index contributed by atoms with van der Waals surface area (Å²) in [6.07, 6.45) is 0. The summed E-state index contributed by atoms with van der Waals surface area (Å²) in [4.78, 5) is 12.4. The van der Waals surface area contributed by atoms with Crippen LogP contribution in [0, 0.1) is 0 Å². The summed E-state index contributed by atoms with van der Waals surface area (Å²) in [6, 6.07) is 15.4. The monoisotopic (exact) mass is 464 g/mol. The second kappa shape index (κ2) is 9.23.